The van der Waals surface area contributed by atoms with Gasteiger partial charge >= 0.3 is 0 Å². The van der Waals surface area contributed by atoms with Crippen LogP contribution in [0.5, 0.6) is 0 Å². The first-order valence-corrected chi connectivity index (χ1v) is 5.97. The molecule has 86 valence electrons. The molecule has 0 saturated carbocycles. The average Bonchev–Trinajstić information content (AvgIpc) is 2.59. The smallest absolute Gasteiger partial charge is 0.279 e. The van der Waals surface area contributed by atoms with E-state index in [1.807, 2.05) is 0 Å². The van der Waals surface area contributed by atoms with Crippen LogP contribution in [0, 0.1) is 0 Å². The second-order valence-electron chi connectivity index (χ2n) is 3.58. The number of rotatable bonds is 5. The van der Waals surface area contributed by atoms with Crippen LogP contribution in [0.15, 0.2) is 0 Å². The highest BCUT2D eigenvalue weighted by molar-refractivity contribution is 8.14. The van der Waals surface area contributed by atoms with Crippen molar-refractivity contribution >= 4 is 22.9 Å². The van der Waals surface area contributed by atoms with Crippen LogP contribution in [-0.4, -0.2) is 40.7 Å². The minimum Gasteiger partial charge on any atom is -0.393 e. The zero-order chi connectivity index (χ0) is 11.3. The van der Waals surface area contributed by atoms with Crippen molar-refractivity contribution in [1.82, 2.24) is 10.6 Å². The van der Waals surface area contributed by atoms with Gasteiger partial charge in [0, 0.05) is 12.3 Å². The summed E-state index contributed by atoms with van der Waals surface area (Å²) in [5.41, 5.74) is 0. The van der Waals surface area contributed by atoms with Gasteiger partial charge in [-0.2, -0.15) is 0 Å². The Kier molecular flexibility index (Phi) is 4.90. The Morgan fingerprint density at radius 3 is 3.07 bits per heavy atom. The largest absolute Gasteiger partial charge is 0.393 e. The fourth-order valence-electron chi connectivity index (χ4n) is 1.26. The SMILES string of the molecule is CC(O)CCCNC(=O)C1CSC(=O)N1. The molecule has 6 heteroatoms. The van der Waals surface area contributed by atoms with Crippen LogP contribution >= 0.6 is 11.8 Å². The Labute approximate surface area is 93.0 Å². The summed E-state index contributed by atoms with van der Waals surface area (Å²) in [6.07, 6.45) is 1.09. The second-order valence-corrected chi connectivity index (χ2v) is 4.57. The van der Waals surface area contributed by atoms with Crippen LogP contribution in [0.1, 0.15) is 19.8 Å². The molecule has 0 aromatic heterocycles. The van der Waals surface area contributed by atoms with Gasteiger partial charge in [0.2, 0.25) is 5.91 Å². The first kappa shape index (κ1) is 12.3. The molecule has 0 aromatic carbocycles. The number of carbonyl (C=O) groups excluding carboxylic acids is 2. The van der Waals surface area contributed by atoms with Gasteiger partial charge in [-0.3, -0.25) is 9.59 Å². The van der Waals surface area contributed by atoms with Crippen LogP contribution in [-0.2, 0) is 4.79 Å². The van der Waals surface area contributed by atoms with Crippen LogP contribution in [0.4, 0.5) is 4.79 Å². The number of amides is 2. The summed E-state index contributed by atoms with van der Waals surface area (Å²) in [4.78, 5) is 22.2. The van der Waals surface area contributed by atoms with E-state index in [0.717, 1.165) is 18.2 Å². The van der Waals surface area contributed by atoms with E-state index in [1.54, 1.807) is 6.92 Å². The molecule has 15 heavy (non-hydrogen) atoms. The van der Waals surface area contributed by atoms with Gasteiger partial charge < -0.3 is 15.7 Å². The zero-order valence-corrected chi connectivity index (χ0v) is 9.47. The fourth-order valence-corrected chi connectivity index (χ4v) is 2.04. The van der Waals surface area contributed by atoms with Gasteiger partial charge in [0.05, 0.1) is 6.10 Å². The Hall–Kier alpha value is -0.750. The molecule has 1 heterocycles. The van der Waals surface area contributed by atoms with E-state index < -0.39 is 6.04 Å². The highest BCUT2D eigenvalue weighted by atomic mass is 32.2. The Morgan fingerprint density at radius 2 is 2.53 bits per heavy atom. The maximum Gasteiger partial charge on any atom is 0.279 e. The molecule has 0 aromatic rings. The molecule has 2 unspecified atom stereocenters. The maximum atomic E-state index is 11.4. The van der Waals surface area contributed by atoms with Crippen molar-refractivity contribution in [3.63, 3.8) is 0 Å². The van der Waals surface area contributed by atoms with Crippen molar-refractivity contribution in [3.8, 4) is 0 Å². The predicted molar refractivity (Wildman–Crippen MR) is 58.7 cm³/mol. The molecule has 1 aliphatic heterocycles. The van der Waals surface area contributed by atoms with Crippen LogP contribution in [0.2, 0.25) is 0 Å². The fraction of sp³-hybridized carbons (Fsp3) is 0.778. The zero-order valence-electron chi connectivity index (χ0n) is 8.66. The number of aliphatic hydroxyl groups excluding tert-OH is 1. The first-order chi connectivity index (χ1) is 7.09. The number of hydrogen-bond donors (Lipinski definition) is 3. The molecule has 1 rings (SSSR count). The lowest BCUT2D eigenvalue weighted by Gasteiger charge is -2.10. The molecule has 0 aliphatic carbocycles. The summed E-state index contributed by atoms with van der Waals surface area (Å²) >= 11 is 1.13. The molecule has 2 atom stereocenters. The monoisotopic (exact) mass is 232 g/mol. The van der Waals surface area contributed by atoms with Crippen molar-refractivity contribution in [1.29, 1.82) is 0 Å². The molecular formula is C9H16N2O3S. The first-order valence-electron chi connectivity index (χ1n) is 4.98. The molecular weight excluding hydrogens is 216 g/mol. The van der Waals surface area contributed by atoms with E-state index in [4.69, 9.17) is 5.11 Å². The van der Waals surface area contributed by atoms with E-state index in [9.17, 15) is 9.59 Å². The van der Waals surface area contributed by atoms with E-state index in [-0.39, 0.29) is 17.3 Å². The summed E-state index contributed by atoms with van der Waals surface area (Å²) < 4.78 is 0. The average molecular weight is 232 g/mol. The van der Waals surface area contributed by atoms with Crippen molar-refractivity contribution in [2.45, 2.75) is 31.9 Å². The van der Waals surface area contributed by atoms with E-state index in [0.29, 0.717) is 18.7 Å². The Bertz CT molecular complexity index is 246. The van der Waals surface area contributed by atoms with Gasteiger partial charge in [-0.05, 0) is 19.8 Å². The van der Waals surface area contributed by atoms with Gasteiger partial charge in [-0.1, -0.05) is 11.8 Å². The normalized spacial score (nSPS) is 22.3. The van der Waals surface area contributed by atoms with Crippen LogP contribution in [0.25, 0.3) is 0 Å². The molecule has 1 aliphatic rings. The van der Waals surface area contributed by atoms with Gasteiger partial charge in [-0.15, -0.1) is 0 Å². The second kappa shape index (κ2) is 5.97. The summed E-state index contributed by atoms with van der Waals surface area (Å²) in [5, 5.41) is 14.1. The Balaban J connectivity index is 2.11. The van der Waals surface area contributed by atoms with Gasteiger partial charge in [0.1, 0.15) is 6.04 Å². The van der Waals surface area contributed by atoms with Crippen molar-refractivity contribution < 1.29 is 14.7 Å². The Morgan fingerprint density at radius 1 is 1.80 bits per heavy atom. The summed E-state index contributed by atoms with van der Waals surface area (Å²) in [6, 6.07) is -0.394. The van der Waals surface area contributed by atoms with Crippen molar-refractivity contribution in [2.24, 2.45) is 0 Å². The molecule has 2 amide bonds. The van der Waals surface area contributed by atoms with E-state index >= 15 is 0 Å². The number of aliphatic hydroxyl groups is 1. The van der Waals surface area contributed by atoms with Crippen molar-refractivity contribution in [2.75, 3.05) is 12.3 Å². The highest BCUT2D eigenvalue weighted by Crippen LogP contribution is 2.12. The van der Waals surface area contributed by atoms with Crippen LogP contribution < -0.4 is 10.6 Å². The molecule has 0 radical (unpaired) electrons. The molecule has 5 nitrogen and oxygen atoms in total. The molecule has 1 saturated heterocycles. The molecule has 0 bridgehead atoms. The summed E-state index contributed by atoms with van der Waals surface area (Å²) in [5.74, 6) is 0.361. The molecule has 3 N–H and O–H groups in total. The minimum atomic E-state index is -0.394. The minimum absolute atomic E-state index is 0.140. The third-order valence-electron chi connectivity index (χ3n) is 2.09. The lowest BCUT2D eigenvalue weighted by Crippen LogP contribution is -2.43. The lowest BCUT2D eigenvalue weighted by atomic mass is 10.2. The summed E-state index contributed by atoms with van der Waals surface area (Å²) in [7, 11) is 0. The van der Waals surface area contributed by atoms with Crippen LogP contribution in [0.3, 0.4) is 0 Å². The van der Waals surface area contributed by atoms with Gasteiger partial charge in [0.15, 0.2) is 0 Å². The number of thioether (sulfide) groups is 1. The molecule has 0 spiro atoms. The van der Waals surface area contributed by atoms with E-state index in [1.165, 1.54) is 0 Å². The maximum absolute atomic E-state index is 11.4. The topological polar surface area (TPSA) is 78.4 Å². The number of nitrogens with one attached hydrogen (secondary N) is 2. The van der Waals surface area contributed by atoms with Crippen molar-refractivity contribution in [3.05, 3.63) is 0 Å². The van der Waals surface area contributed by atoms with Gasteiger partial charge in [-0.25, -0.2) is 0 Å². The van der Waals surface area contributed by atoms with E-state index in [2.05, 4.69) is 10.6 Å². The number of hydrogen-bond acceptors (Lipinski definition) is 4. The highest BCUT2D eigenvalue weighted by Gasteiger charge is 2.27. The van der Waals surface area contributed by atoms with Gasteiger partial charge in [0.25, 0.3) is 5.24 Å². The summed E-state index contributed by atoms with van der Waals surface area (Å²) in [6.45, 7) is 2.26. The standard InChI is InChI=1S/C9H16N2O3S/c1-6(12)3-2-4-10-8(13)7-5-15-9(14)11-7/h6-7,12H,2-5H2,1H3,(H,10,13)(H,11,14). The number of carbonyl (C=O) groups is 2. The molecule has 1 fully saturated rings. The third-order valence-corrected chi connectivity index (χ3v) is 2.97. The third kappa shape index (κ3) is 4.53. The predicted octanol–water partition coefficient (Wildman–Crippen LogP) is 0.0886. The lowest BCUT2D eigenvalue weighted by molar-refractivity contribution is -0.122. The quantitative estimate of drug-likeness (QED) is 0.587.